The SMILES string of the molecule is C[C@H]([C@@H](O)CNCCCc1ccc(F)cc1)N(C(=O)O)C(C)(C)C. The van der Waals surface area contributed by atoms with Crippen molar-refractivity contribution in [2.24, 2.45) is 0 Å². The number of nitrogens with zero attached hydrogens (tertiary/aromatic N) is 1. The fraction of sp³-hybridized carbons (Fsp3) is 0.611. The van der Waals surface area contributed by atoms with E-state index in [1.807, 2.05) is 0 Å². The van der Waals surface area contributed by atoms with Gasteiger partial charge in [-0.15, -0.1) is 0 Å². The second kappa shape index (κ2) is 8.99. The molecule has 6 heteroatoms. The van der Waals surface area contributed by atoms with E-state index in [2.05, 4.69) is 5.32 Å². The van der Waals surface area contributed by atoms with Gasteiger partial charge >= 0.3 is 6.09 Å². The van der Waals surface area contributed by atoms with Crippen LogP contribution < -0.4 is 5.32 Å². The van der Waals surface area contributed by atoms with Gasteiger partial charge in [-0.05, 0) is 64.8 Å². The van der Waals surface area contributed by atoms with Crippen LogP contribution in [0.5, 0.6) is 0 Å². The summed E-state index contributed by atoms with van der Waals surface area (Å²) < 4.78 is 12.8. The Morgan fingerprint density at radius 3 is 2.38 bits per heavy atom. The number of amides is 1. The van der Waals surface area contributed by atoms with Gasteiger partial charge in [0.1, 0.15) is 5.82 Å². The summed E-state index contributed by atoms with van der Waals surface area (Å²) in [5.74, 6) is -0.240. The highest BCUT2D eigenvalue weighted by atomic mass is 19.1. The molecule has 0 saturated heterocycles. The Labute approximate surface area is 143 Å². The minimum atomic E-state index is -1.04. The van der Waals surface area contributed by atoms with Crippen molar-refractivity contribution in [3.05, 3.63) is 35.6 Å². The van der Waals surface area contributed by atoms with Gasteiger partial charge in [-0.25, -0.2) is 9.18 Å². The summed E-state index contributed by atoms with van der Waals surface area (Å²) in [6.45, 7) is 8.15. The van der Waals surface area contributed by atoms with Crippen LogP contribution in [0.15, 0.2) is 24.3 Å². The number of hydrogen-bond acceptors (Lipinski definition) is 3. The molecule has 1 amide bonds. The topological polar surface area (TPSA) is 72.8 Å². The molecule has 3 N–H and O–H groups in total. The fourth-order valence-electron chi connectivity index (χ4n) is 2.73. The normalized spacial score (nSPS) is 14.2. The van der Waals surface area contributed by atoms with E-state index in [4.69, 9.17) is 0 Å². The Balaban J connectivity index is 2.35. The minimum Gasteiger partial charge on any atom is -0.465 e. The van der Waals surface area contributed by atoms with Gasteiger partial charge in [-0.1, -0.05) is 12.1 Å². The van der Waals surface area contributed by atoms with Crippen molar-refractivity contribution >= 4 is 6.09 Å². The molecule has 0 aliphatic heterocycles. The number of aryl methyl sites for hydroxylation is 1. The van der Waals surface area contributed by atoms with Crippen LogP contribution >= 0.6 is 0 Å². The van der Waals surface area contributed by atoms with Crippen LogP contribution in [-0.4, -0.2) is 52.0 Å². The van der Waals surface area contributed by atoms with Gasteiger partial charge in [0.05, 0.1) is 12.1 Å². The van der Waals surface area contributed by atoms with E-state index in [0.717, 1.165) is 18.4 Å². The molecule has 0 aliphatic rings. The molecule has 0 heterocycles. The average Bonchev–Trinajstić information content (AvgIpc) is 2.46. The number of aliphatic hydroxyl groups excluding tert-OH is 1. The van der Waals surface area contributed by atoms with Crippen molar-refractivity contribution in [2.45, 2.75) is 58.2 Å². The molecule has 1 aromatic rings. The Bertz CT molecular complexity index is 514. The van der Waals surface area contributed by atoms with E-state index in [-0.39, 0.29) is 5.82 Å². The third kappa shape index (κ3) is 6.45. The van der Waals surface area contributed by atoms with Gasteiger partial charge < -0.3 is 15.5 Å². The summed E-state index contributed by atoms with van der Waals surface area (Å²) >= 11 is 0. The molecule has 24 heavy (non-hydrogen) atoms. The maximum atomic E-state index is 12.8. The van der Waals surface area contributed by atoms with Crippen LogP contribution in [0.3, 0.4) is 0 Å². The quantitative estimate of drug-likeness (QED) is 0.636. The van der Waals surface area contributed by atoms with Crippen LogP contribution in [-0.2, 0) is 6.42 Å². The maximum Gasteiger partial charge on any atom is 0.408 e. The molecule has 136 valence electrons. The predicted molar refractivity (Wildman–Crippen MR) is 92.7 cm³/mol. The van der Waals surface area contributed by atoms with Crippen molar-refractivity contribution < 1.29 is 19.4 Å². The summed E-state index contributed by atoms with van der Waals surface area (Å²) in [5.41, 5.74) is 0.492. The zero-order valence-corrected chi connectivity index (χ0v) is 14.9. The average molecular weight is 340 g/mol. The van der Waals surface area contributed by atoms with Crippen LogP contribution in [0, 0.1) is 5.82 Å². The van der Waals surface area contributed by atoms with E-state index in [1.165, 1.54) is 17.0 Å². The summed E-state index contributed by atoms with van der Waals surface area (Å²) in [5, 5.41) is 22.7. The van der Waals surface area contributed by atoms with E-state index in [0.29, 0.717) is 13.1 Å². The van der Waals surface area contributed by atoms with Crippen molar-refractivity contribution in [2.75, 3.05) is 13.1 Å². The number of rotatable bonds is 8. The second-order valence-electron chi connectivity index (χ2n) is 7.07. The number of carboxylic acid groups (broad SMARTS) is 1. The van der Waals surface area contributed by atoms with Crippen molar-refractivity contribution in [3.63, 3.8) is 0 Å². The maximum absolute atomic E-state index is 12.8. The van der Waals surface area contributed by atoms with Gasteiger partial charge in [0, 0.05) is 12.1 Å². The molecule has 0 aliphatic carbocycles. The summed E-state index contributed by atoms with van der Waals surface area (Å²) in [4.78, 5) is 12.7. The lowest BCUT2D eigenvalue weighted by Crippen LogP contribution is -2.55. The number of halogens is 1. The number of carbonyl (C=O) groups is 1. The molecule has 5 nitrogen and oxygen atoms in total. The monoisotopic (exact) mass is 340 g/mol. The third-order valence-corrected chi connectivity index (χ3v) is 3.98. The van der Waals surface area contributed by atoms with E-state index in [1.54, 1.807) is 39.8 Å². The van der Waals surface area contributed by atoms with Crippen molar-refractivity contribution in [1.29, 1.82) is 0 Å². The molecule has 0 unspecified atom stereocenters. The fourth-order valence-corrected chi connectivity index (χ4v) is 2.73. The van der Waals surface area contributed by atoms with Crippen LogP contribution in [0.1, 0.15) is 39.7 Å². The highest BCUT2D eigenvalue weighted by molar-refractivity contribution is 5.66. The number of aliphatic hydroxyl groups is 1. The number of nitrogens with one attached hydrogen (secondary N) is 1. The Morgan fingerprint density at radius 2 is 1.88 bits per heavy atom. The highest BCUT2D eigenvalue weighted by Gasteiger charge is 2.34. The summed E-state index contributed by atoms with van der Waals surface area (Å²) in [7, 11) is 0. The molecular formula is C18H29FN2O3. The van der Waals surface area contributed by atoms with Gasteiger partial charge in [-0.2, -0.15) is 0 Å². The standard InChI is InChI=1S/C18H29FN2O3/c1-13(21(17(23)24)18(2,3)4)16(22)12-20-11-5-6-14-7-9-15(19)10-8-14/h7-10,13,16,20,22H,5-6,11-12H2,1-4H3,(H,23,24)/t13-,16+/m1/s1. The lowest BCUT2D eigenvalue weighted by molar-refractivity contribution is 0.0154. The largest absolute Gasteiger partial charge is 0.465 e. The van der Waals surface area contributed by atoms with E-state index >= 15 is 0 Å². The molecule has 0 radical (unpaired) electrons. The molecule has 2 atom stereocenters. The van der Waals surface area contributed by atoms with Gasteiger partial charge in [0.15, 0.2) is 0 Å². The zero-order chi connectivity index (χ0) is 18.3. The number of benzene rings is 1. The van der Waals surface area contributed by atoms with Crippen LogP contribution in [0.25, 0.3) is 0 Å². The predicted octanol–water partition coefficient (Wildman–Crippen LogP) is 2.88. The third-order valence-electron chi connectivity index (χ3n) is 3.98. The molecular weight excluding hydrogens is 311 g/mol. The van der Waals surface area contributed by atoms with Crippen LogP contribution in [0.4, 0.5) is 9.18 Å². The Kier molecular flexibility index (Phi) is 7.63. The van der Waals surface area contributed by atoms with Crippen LogP contribution in [0.2, 0.25) is 0 Å². The smallest absolute Gasteiger partial charge is 0.408 e. The zero-order valence-electron chi connectivity index (χ0n) is 14.9. The molecule has 0 bridgehead atoms. The lowest BCUT2D eigenvalue weighted by atomic mass is 10.0. The van der Waals surface area contributed by atoms with Gasteiger partial charge in [0.25, 0.3) is 0 Å². The molecule has 1 rings (SSSR count). The highest BCUT2D eigenvalue weighted by Crippen LogP contribution is 2.19. The molecule has 0 fully saturated rings. The first-order valence-corrected chi connectivity index (χ1v) is 8.28. The second-order valence-corrected chi connectivity index (χ2v) is 7.07. The molecule has 0 aromatic heterocycles. The van der Waals surface area contributed by atoms with Gasteiger partial charge in [-0.3, -0.25) is 4.90 Å². The van der Waals surface area contributed by atoms with E-state index in [9.17, 15) is 19.4 Å². The summed E-state index contributed by atoms with van der Waals surface area (Å²) in [6, 6.07) is 5.91. The Morgan fingerprint density at radius 1 is 1.29 bits per heavy atom. The molecule has 0 saturated carbocycles. The summed E-state index contributed by atoms with van der Waals surface area (Å²) in [6.07, 6.45) is -0.145. The lowest BCUT2D eigenvalue weighted by Gasteiger charge is -2.40. The molecule has 1 aromatic carbocycles. The minimum absolute atomic E-state index is 0.240. The number of hydrogen-bond donors (Lipinski definition) is 3. The van der Waals surface area contributed by atoms with Crippen molar-refractivity contribution in [1.82, 2.24) is 10.2 Å². The Hall–Kier alpha value is -1.66. The van der Waals surface area contributed by atoms with E-state index < -0.39 is 23.8 Å². The molecule has 0 spiro atoms. The first-order valence-electron chi connectivity index (χ1n) is 8.28. The van der Waals surface area contributed by atoms with Gasteiger partial charge in [0.2, 0.25) is 0 Å². The van der Waals surface area contributed by atoms with Crippen molar-refractivity contribution in [3.8, 4) is 0 Å². The first kappa shape index (κ1) is 20.4. The first-order chi connectivity index (χ1) is 11.1.